The van der Waals surface area contributed by atoms with Crippen molar-refractivity contribution in [3.05, 3.63) is 53.3 Å². The van der Waals surface area contributed by atoms with Gasteiger partial charge in [-0.1, -0.05) is 0 Å². The zero-order valence-electron chi connectivity index (χ0n) is 15.1. The number of carbonyl (C=O) groups is 1. The third kappa shape index (κ3) is 4.50. The molecule has 0 radical (unpaired) electrons. The second-order valence-corrected chi connectivity index (χ2v) is 5.29. The predicted octanol–water partition coefficient (Wildman–Crippen LogP) is 3.40. The van der Waals surface area contributed by atoms with Crippen LogP contribution in [0.2, 0.25) is 0 Å². The van der Waals surface area contributed by atoms with E-state index in [9.17, 15) is 9.18 Å². The number of carbonyl (C=O) groups excluding carboxylic acids is 1. The highest BCUT2D eigenvalue weighted by Crippen LogP contribution is 2.28. The average molecular weight is 360 g/mol. The molecule has 0 bridgehead atoms. The quantitative estimate of drug-likeness (QED) is 0.607. The Morgan fingerprint density at radius 3 is 2.31 bits per heavy atom. The lowest BCUT2D eigenvalue weighted by Gasteiger charge is -2.10. The van der Waals surface area contributed by atoms with Crippen molar-refractivity contribution in [3.8, 4) is 17.2 Å². The minimum atomic E-state index is -0.498. The lowest BCUT2D eigenvalue weighted by atomic mass is 10.1. The molecule has 0 saturated carbocycles. The first-order valence-electron chi connectivity index (χ1n) is 7.99. The van der Waals surface area contributed by atoms with Crippen LogP contribution in [0.1, 0.15) is 29.8 Å². The molecule has 26 heavy (non-hydrogen) atoms. The summed E-state index contributed by atoms with van der Waals surface area (Å²) < 4.78 is 29.3. The monoisotopic (exact) mass is 360 g/mol. The summed E-state index contributed by atoms with van der Waals surface area (Å²) in [4.78, 5) is 12.3. The van der Waals surface area contributed by atoms with Crippen molar-refractivity contribution in [2.45, 2.75) is 13.8 Å². The molecule has 0 saturated heterocycles. The average Bonchev–Trinajstić information content (AvgIpc) is 2.66. The Balaban J connectivity index is 2.14. The minimum absolute atomic E-state index is 0.145. The number of amides is 1. The Hall–Kier alpha value is -3.09. The van der Waals surface area contributed by atoms with Crippen LogP contribution in [0.4, 0.5) is 4.39 Å². The number of hydrazone groups is 1. The van der Waals surface area contributed by atoms with E-state index in [2.05, 4.69) is 10.5 Å². The Bertz CT molecular complexity index is 821. The van der Waals surface area contributed by atoms with Gasteiger partial charge < -0.3 is 14.2 Å². The summed E-state index contributed by atoms with van der Waals surface area (Å²) in [7, 11) is 2.89. The zero-order valence-corrected chi connectivity index (χ0v) is 15.1. The van der Waals surface area contributed by atoms with Gasteiger partial charge in [0.15, 0.2) is 23.1 Å². The Labute approximate surface area is 151 Å². The maximum atomic E-state index is 13.8. The normalized spacial score (nSPS) is 11.0. The van der Waals surface area contributed by atoms with Gasteiger partial charge in [-0.25, -0.2) is 9.82 Å². The molecule has 1 amide bonds. The van der Waals surface area contributed by atoms with E-state index in [-0.39, 0.29) is 5.75 Å². The number of hydrogen-bond donors (Lipinski definition) is 1. The summed E-state index contributed by atoms with van der Waals surface area (Å²) in [6.45, 7) is 4.02. The van der Waals surface area contributed by atoms with Crippen LogP contribution in [0.25, 0.3) is 0 Å². The van der Waals surface area contributed by atoms with Crippen LogP contribution < -0.4 is 19.6 Å². The van der Waals surface area contributed by atoms with Gasteiger partial charge in [0.05, 0.1) is 26.5 Å². The molecule has 0 aromatic heterocycles. The lowest BCUT2D eigenvalue weighted by Crippen LogP contribution is -2.19. The van der Waals surface area contributed by atoms with Gasteiger partial charge in [0.25, 0.3) is 5.91 Å². The number of benzene rings is 2. The van der Waals surface area contributed by atoms with E-state index in [1.165, 1.54) is 26.4 Å². The van der Waals surface area contributed by atoms with Gasteiger partial charge in [0, 0.05) is 11.1 Å². The molecule has 138 valence electrons. The van der Waals surface area contributed by atoms with Crippen molar-refractivity contribution in [2.75, 3.05) is 20.8 Å². The standard InChI is InChI=1S/C19H21FN2O4/c1-5-26-17-9-7-14(11-18(17)25-4)19(23)22-21-12(2)13-6-8-16(24-3)15(20)10-13/h6-11H,5H2,1-4H3,(H,22,23)/b21-12-. The molecule has 0 heterocycles. The molecule has 7 heteroatoms. The van der Waals surface area contributed by atoms with Gasteiger partial charge in [0.2, 0.25) is 0 Å². The molecule has 2 aromatic carbocycles. The Morgan fingerprint density at radius 2 is 1.69 bits per heavy atom. The van der Waals surface area contributed by atoms with E-state index in [1.807, 2.05) is 6.92 Å². The molecular weight excluding hydrogens is 339 g/mol. The first-order valence-corrected chi connectivity index (χ1v) is 7.99. The third-order valence-corrected chi connectivity index (χ3v) is 3.62. The molecular formula is C19H21FN2O4. The fourth-order valence-corrected chi connectivity index (χ4v) is 2.24. The van der Waals surface area contributed by atoms with Gasteiger partial charge in [-0.2, -0.15) is 5.10 Å². The lowest BCUT2D eigenvalue weighted by molar-refractivity contribution is 0.0954. The summed E-state index contributed by atoms with van der Waals surface area (Å²) in [5.74, 6) is 0.242. The molecule has 0 aliphatic rings. The second-order valence-electron chi connectivity index (χ2n) is 5.29. The summed E-state index contributed by atoms with van der Waals surface area (Å²) in [5, 5.41) is 4.02. The molecule has 0 spiro atoms. The van der Waals surface area contributed by atoms with Crippen molar-refractivity contribution in [3.63, 3.8) is 0 Å². The van der Waals surface area contributed by atoms with Crippen LogP contribution >= 0.6 is 0 Å². The van der Waals surface area contributed by atoms with Crippen molar-refractivity contribution in [1.29, 1.82) is 0 Å². The molecule has 0 aliphatic carbocycles. The van der Waals surface area contributed by atoms with E-state index in [1.54, 1.807) is 31.2 Å². The first kappa shape index (κ1) is 19.2. The van der Waals surface area contributed by atoms with Crippen LogP contribution in [-0.4, -0.2) is 32.4 Å². The largest absolute Gasteiger partial charge is 0.494 e. The van der Waals surface area contributed by atoms with E-state index < -0.39 is 11.7 Å². The van der Waals surface area contributed by atoms with Crippen LogP contribution in [0.5, 0.6) is 17.2 Å². The fraction of sp³-hybridized carbons (Fsp3) is 0.263. The highest BCUT2D eigenvalue weighted by molar-refractivity contribution is 6.01. The van der Waals surface area contributed by atoms with Crippen LogP contribution in [-0.2, 0) is 0 Å². The number of nitrogens with one attached hydrogen (secondary N) is 1. The highest BCUT2D eigenvalue weighted by atomic mass is 19.1. The highest BCUT2D eigenvalue weighted by Gasteiger charge is 2.11. The number of methoxy groups -OCH3 is 2. The maximum Gasteiger partial charge on any atom is 0.271 e. The SMILES string of the molecule is CCOc1ccc(C(=O)N/N=C(/C)c2ccc(OC)c(F)c2)cc1OC. The van der Waals surface area contributed by atoms with Crippen LogP contribution in [0.3, 0.4) is 0 Å². The van der Waals surface area contributed by atoms with E-state index >= 15 is 0 Å². The molecule has 0 atom stereocenters. The van der Waals surface area contributed by atoms with Crippen molar-refractivity contribution in [2.24, 2.45) is 5.10 Å². The smallest absolute Gasteiger partial charge is 0.271 e. The number of ether oxygens (including phenoxy) is 3. The molecule has 2 rings (SSSR count). The zero-order chi connectivity index (χ0) is 19.1. The molecule has 2 aromatic rings. The summed E-state index contributed by atoms with van der Waals surface area (Å²) >= 11 is 0. The van der Waals surface area contributed by atoms with Gasteiger partial charge >= 0.3 is 0 Å². The fourth-order valence-electron chi connectivity index (χ4n) is 2.24. The van der Waals surface area contributed by atoms with Crippen LogP contribution in [0.15, 0.2) is 41.5 Å². The maximum absolute atomic E-state index is 13.8. The molecule has 0 aliphatic heterocycles. The summed E-state index contributed by atoms with van der Waals surface area (Å²) in [6, 6.07) is 9.30. The van der Waals surface area contributed by atoms with Gasteiger partial charge in [-0.15, -0.1) is 0 Å². The Kier molecular flexibility index (Phi) is 6.54. The van der Waals surface area contributed by atoms with E-state index in [0.717, 1.165) is 0 Å². The van der Waals surface area contributed by atoms with Crippen LogP contribution in [0, 0.1) is 5.82 Å². The second kappa shape index (κ2) is 8.84. The molecule has 0 unspecified atom stereocenters. The van der Waals surface area contributed by atoms with Crippen molar-refractivity contribution in [1.82, 2.24) is 5.43 Å². The minimum Gasteiger partial charge on any atom is -0.494 e. The summed E-state index contributed by atoms with van der Waals surface area (Å²) in [5.41, 5.74) is 3.80. The van der Waals surface area contributed by atoms with Gasteiger partial charge in [-0.05, 0) is 50.2 Å². The van der Waals surface area contributed by atoms with Gasteiger partial charge in [0.1, 0.15) is 0 Å². The number of nitrogens with zero attached hydrogens (tertiary/aromatic N) is 1. The molecule has 0 fully saturated rings. The summed E-state index contributed by atoms with van der Waals surface area (Å²) in [6.07, 6.45) is 0. The number of rotatable bonds is 7. The number of halogens is 1. The van der Waals surface area contributed by atoms with E-state index in [0.29, 0.717) is 34.9 Å². The third-order valence-electron chi connectivity index (χ3n) is 3.62. The topological polar surface area (TPSA) is 69.2 Å². The molecule has 1 N–H and O–H groups in total. The van der Waals surface area contributed by atoms with Crippen molar-refractivity contribution >= 4 is 11.6 Å². The first-order chi connectivity index (χ1) is 12.5. The number of hydrogen-bond acceptors (Lipinski definition) is 5. The van der Waals surface area contributed by atoms with Crippen molar-refractivity contribution < 1.29 is 23.4 Å². The Morgan fingerprint density at radius 1 is 1.04 bits per heavy atom. The van der Waals surface area contributed by atoms with Gasteiger partial charge in [-0.3, -0.25) is 4.79 Å². The molecule has 6 nitrogen and oxygen atoms in total. The van der Waals surface area contributed by atoms with E-state index in [4.69, 9.17) is 14.2 Å². The predicted molar refractivity (Wildman–Crippen MR) is 96.8 cm³/mol.